The van der Waals surface area contributed by atoms with Crippen LogP contribution in [0, 0.1) is 20.9 Å². The molecule has 2 aromatic carbocycles. The number of aromatic nitrogens is 2. The third-order valence-corrected chi connectivity index (χ3v) is 5.84. The van der Waals surface area contributed by atoms with E-state index >= 15 is 0 Å². The van der Waals surface area contributed by atoms with Gasteiger partial charge in [0.2, 0.25) is 0 Å². The molecule has 2 heterocycles. The summed E-state index contributed by atoms with van der Waals surface area (Å²) in [7, 11) is 1.55. The molecule has 0 radical (unpaired) electrons. The lowest BCUT2D eigenvalue weighted by atomic mass is 9.95. The molecule has 1 atom stereocenters. The summed E-state index contributed by atoms with van der Waals surface area (Å²) in [6.45, 7) is 1.03. The summed E-state index contributed by atoms with van der Waals surface area (Å²) < 4.78 is 5.98. The molecule has 0 saturated carbocycles. The van der Waals surface area contributed by atoms with Crippen molar-refractivity contribution >= 4 is 45.1 Å². The molecular weight excluding hydrogens is 469 g/mol. The molecule has 1 amide bonds. The van der Waals surface area contributed by atoms with Crippen LogP contribution in [0.1, 0.15) is 15.9 Å². The fourth-order valence-corrected chi connectivity index (χ4v) is 4.24. The number of methoxy groups -OCH3 is 1. The molecule has 1 aliphatic heterocycles. The summed E-state index contributed by atoms with van der Waals surface area (Å²) in [5, 5.41) is 17.6. The number of H-pyrrole nitrogens is 1. The van der Waals surface area contributed by atoms with Crippen LogP contribution in [0.4, 0.5) is 5.69 Å². The van der Waals surface area contributed by atoms with Gasteiger partial charge >= 0.3 is 0 Å². The molecule has 1 unspecified atom stereocenters. The van der Waals surface area contributed by atoms with Gasteiger partial charge in [-0.15, -0.1) is 0 Å². The van der Waals surface area contributed by atoms with E-state index in [-0.39, 0.29) is 18.4 Å². The van der Waals surface area contributed by atoms with E-state index in [1.807, 2.05) is 18.2 Å². The van der Waals surface area contributed by atoms with E-state index in [9.17, 15) is 10.1 Å². The Morgan fingerprint density at radius 2 is 2.25 bits per heavy atom. The van der Waals surface area contributed by atoms with Crippen molar-refractivity contribution < 1.29 is 9.53 Å². The zero-order chi connectivity index (χ0) is 19.8. The van der Waals surface area contributed by atoms with Crippen LogP contribution in [0.3, 0.4) is 0 Å². The van der Waals surface area contributed by atoms with E-state index in [1.54, 1.807) is 18.1 Å². The first-order valence-corrected chi connectivity index (χ1v) is 9.84. The van der Waals surface area contributed by atoms with E-state index in [1.165, 1.54) is 0 Å². The van der Waals surface area contributed by atoms with Gasteiger partial charge in [0.05, 0.1) is 29.7 Å². The number of rotatable bonds is 5. The van der Waals surface area contributed by atoms with Crippen LogP contribution in [0.15, 0.2) is 30.3 Å². The van der Waals surface area contributed by atoms with E-state index < -0.39 is 0 Å². The van der Waals surface area contributed by atoms with Crippen molar-refractivity contribution in [2.45, 2.75) is 6.54 Å². The molecule has 0 spiro atoms. The Morgan fingerprint density at radius 3 is 3.00 bits per heavy atom. The lowest BCUT2D eigenvalue weighted by molar-refractivity contribution is 0.0732. The van der Waals surface area contributed by atoms with E-state index in [0.717, 1.165) is 31.3 Å². The highest BCUT2D eigenvalue weighted by atomic mass is 127. The first kappa shape index (κ1) is 18.7. The molecule has 1 aliphatic rings. The molecule has 3 aromatic rings. The quantitative estimate of drug-likeness (QED) is 0.425. The minimum absolute atomic E-state index is 0.135. The third kappa shape index (κ3) is 3.10. The lowest BCUT2D eigenvalue weighted by Gasteiger charge is -2.18. The van der Waals surface area contributed by atoms with E-state index in [2.05, 4.69) is 44.9 Å². The van der Waals surface area contributed by atoms with Crippen LogP contribution in [0.2, 0.25) is 0 Å². The zero-order valence-electron chi connectivity index (χ0n) is 15.2. The highest BCUT2D eigenvalue weighted by molar-refractivity contribution is 14.1. The number of nitrogens with one attached hydrogen (secondary N) is 1. The third-order valence-electron chi connectivity index (χ3n) is 5.01. The zero-order valence-corrected chi connectivity index (χ0v) is 17.4. The van der Waals surface area contributed by atoms with Crippen molar-refractivity contribution in [2.75, 3.05) is 26.0 Å². The molecule has 8 heteroatoms. The molecule has 0 saturated heterocycles. The second-order valence-electron chi connectivity index (χ2n) is 6.80. The van der Waals surface area contributed by atoms with Crippen LogP contribution in [0.25, 0.3) is 22.0 Å². The molecule has 0 fully saturated rings. The smallest absolute Gasteiger partial charge is 0.256 e. The second-order valence-corrected chi connectivity index (χ2v) is 7.82. The average Bonchev–Trinajstić information content (AvgIpc) is 3.22. The summed E-state index contributed by atoms with van der Waals surface area (Å²) in [4.78, 5) is 14.6. The summed E-state index contributed by atoms with van der Waals surface area (Å²) in [5.41, 5.74) is 11.0. The fourth-order valence-electron chi connectivity index (χ4n) is 3.67. The fraction of sp³-hybridized carbons (Fsp3) is 0.250. The van der Waals surface area contributed by atoms with Crippen LogP contribution in [-0.2, 0) is 11.3 Å². The van der Waals surface area contributed by atoms with Gasteiger partial charge in [-0.2, -0.15) is 10.4 Å². The molecule has 0 aliphatic carbocycles. The first-order valence-electron chi connectivity index (χ1n) is 8.76. The largest absolute Gasteiger partial charge is 0.398 e. The molecular formula is C20H18IN5O2. The number of hydrogen-bond donors (Lipinski definition) is 2. The van der Waals surface area contributed by atoms with E-state index in [4.69, 9.17) is 10.5 Å². The van der Waals surface area contributed by atoms with Gasteiger partial charge in [-0.05, 0) is 57.5 Å². The van der Waals surface area contributed by atoms with Crippen LogP contribution >= 0.6 is 22.6 Å². The Kier molecular flexibility index (Phi) is 4.95. The maximum absolute atomic E-state index is 13.0. The second kappa shape index (κ2) is 7.41. The predicted octanol–water partition coefficient (Wildman–Crippen LogP) is 3.16. The summed E-state index contributed by atoms with van der Waals surface area (Å²) in [5.74, 6) is -0.513. The number of anilines is 1. The average molecular weight is 487 g/mol. The number of amides is 1. The Morgan fingerprint density at radius 1 is 1.43 bits per heavy atom. The molecule has 142 valence electrons. The predicted molar refractivity (Wildman–Crippen MR) is 114 cm³/mol. The standard InChI is InChI=1S/C20H18IN5O2/c1-28-10-11(7-22)8-26-9-15-13(3-4-16(23)18(15)20(26)27)12-2-5-17-14(6-12)19(21)25-24-17/h2-6,11H,8-10,23H2,1H3,(H,24,25). The van der Waals surface area contributed by atoms with Crippen LogP contribution in [-0.4, -0.2) is 41.3 Å². The summed E-state index contributed by atoms with van der Waals surface area (Å²) in [6, 6.07) is 12.0. The number of carbonyl (C=O) groups is 1. The minimum atomic E-state index is -0.378. The molecule has 4 rings (SSSR count). The number of benzene rings is 2. The number of hydrogen-bond acceptors (Lipinski definition) is 5. The Balaban J connectivity index is 1.75. The number of ether oxygens (including phenoxy) is 1. The summed E-state index contributed by atoms with van der Waals surface area (Å²) >= 11 is 2.20. The van der Waals surface area contributed by atoms with Gasteiger partial charge in [0, 0.05) is 31.3 Å². The van der Waals surface area contributed by atoms with Crippen molar-refractivity contribution in [3.05, 3.63) is 45.2 Å². The Bertz CT molecular complexity index is 1120. The van der Waals surface area contributed by atoms with Gasteiger partial charge in [0.25, 0.3) is 5.91 Å². The SMILES string of the molecule is COCC(C#N)CN1Cc2c(-c3ccc4[nH]nc(I)c4c3)ccc(N)c2C1=O. The topological polar surface area (TPSA) is 108 Å². The van der Waals surface area contributed by atoms with Crippen molar-refractivity contribution in [3.8, 4) is 17.2 Å². The molecule has 0 bridgehead atoms. The molecule has 28 heavy (non-hydrogen) atoms. The maximum atomic E-state index is 13.0. The van der Waals surface area contributed by atoms with Crippen LogP contribution in [0.5, 0.6) is 0 Å². The van der Waals surface area contributed by atoms with Gasteiger partial charge in [-0.1, -0.05) is 12.1 Å². The highest BCUT2D eigenvalue weighted by Crippen LogP contribution is 2.37. The number of fused-ring (bicyclic) bond motifs is 2. The first-order chi connectivity index (χ1) is 13.5. The number of carbonyl (C=O) groups excluding carboxylic acids is 1. The minimum Gasteiger partial charge on any atom is -0.398 e. The van der Waals surface area contributed by atoms with Crippen molar-refractivity contribution in [1.82, 2.24) is 15.1 Å². The van der Waals surface area contributed by atoms with Gasteiger partial charge < -0.3 is 15.4 Å². The number of nitriles is 1. The van der Waals surface area contributed by atoms with E-state index in [0.29, 0.717) is 24.3 Å². The van der Waals surface area contributed by atoms with Crippen molar-refractivity contribution in [3.63, 3.8) is 0 Å². The monoisotopic (exact) mass is 487 g/mol. The van der Waals surface area contributed by atoms with Crippen LogP contribution < -0.4 is 5.73 Å². The number of nitrogens with zero attached hydrogens (tertiary/aromatic N) is 3. The molecule has 7 nitrogen and oxygen atoms in total. The Labute approximate surface area is 175 Å². The number of nitrogens with two attached hydrogens (primary N) is 1. The van der Waals surface area contributed by atoms with Gasteiger partial charge in [-0.3, -0.25) is 9.89 Å². The molecule has 3 N–H and O–H groups in total. The van der Waals surface area contributed by atoms with Gasteiger partial charge in [0.1, 0.15) is 3.70 Å². The van der Waals surface area contributed by atoms with Crippen molar-refractivity contribution in [1.29, 1.82) is 5.26 Å². The van der Waals surface area contributed by atoms with Crippen molar-refractivity contribution in [2.24, 2.45) is 5.92 Å². The summed E-state index contributed by atoms with van der Waals surface area (Å²) in [6.07, 6.45) is 0. The highest BCUT2D eigenvalue weighted by Gasteiger charge is 2.33. The lowest BCUT2D eigenvalue weighted by Crippen LogP contribution is -2.31. The maximum Gasteiger partial charge on any atom is 0.256 e. The number of halogens is 1. The Hall–Kier alpha value is -2.64. The number of nitrogen functional groups attached to an aromatic ring is 1. The van der Waals surface area contributed by atoms with Gasteiger partial charge in [-0.25, -0.2) is 0 Å². The normalized spacial score (nSPS) is 14.3. The molecule has 1 aromatic heterocycles. The van der Waals surface area contributed by atoms with Gasteiger partial charge in [0.15, 0.2) is 0 Å². The number of aromatic amines is 1.